The maximum atomic E-state index is 13.2. The number of thioether (sulfide) groups is 1. The fraction of sp³-hybridized carbons (Fsp3) is 0.455. The second kappa shape index (κ2) is 6.47. The van der Waals surface area contributed by atoms with Gasteiger partial charge in [0.15, 0.2) is 0 Å². The van der Waals surface area contributed by atoms with Crippen molar-refractivity contribution in [3.63, 3.8) is 0 Å². The predicted molar refractivity (Wildman–Crippen MR) is 76.0 cm³/mol. The smallest absolute Gasteiger partial charge is 0.139 e. The molecule has 2 unspecified atom stereocenters. The molecule has 96 valence electrons. The number of rotatable bonds is 5. The van der Waals surface area contributed by atoms with Crippen LogP contribution in [0.4, 0.5) is 15.8 Å². The Labute approximate surface area is 113 Å². The molecule has 0 aliphatic heterocycles. The minimum Gasteiger partial charge on any atom is -0.397 e. The maximum absolute atomic E-state index is 13.2. The summed E-state index contributed by atoms with van der Waals surface area (Å²) in [5, 5.41) is 12.4. The first-order valence-corrected chi connectivity index (χ1v) is 7.22. The van der Waals surface area contributed by atoms with E-state index >= 15 is 0 Å². The van der Waals surface area contributed by atoms with Crippen molar-refractivity contribution < 1.29 is 9.50 Å². The Balaban J connectivity index is 2.84. The summed E-state index contributed by atoms with van der Waals surface area (Å²) in [7, 11) is 0. The van der Waals surface area contributed by atoms with Gasteiger partial charge in [-0.25, -0.2) is 4.39 Å². The highest BCUT2D eigenvalue weighted by molar-refractivity contribution is 9.10. The zero-order chi connectivity index (χ0) is 13.0. The number of aliphatic hydroxyl groups excluding tert-OH is 1. The largest absolute Gasteiger partial charge is 0.397 e. The lowest BCUT2D eigenvalue weighted by Gasteiger charge is -2.23. The fourth-order valence-electron chi connectivity index (χ4n) is 1.46. The molecule has 1 aromatic carbocycles. The molecule has 6 heteroatoms. The second-order valence-corrected chi connectivity index (χ2v) is 5.67. The van der Waals surface area contributed by atoms with E-state index < -0.39 is 0 Å². The molecule has 0 bridgehead atoms. The first-order chi connectivity index (χ1) is 7.99. The van der Waals surface area contributed by atoms with Gasteiger partial charge in [0.05, 0.1) is 22.5 Å². The average Bonchev–Trinajstić information content (AvgIpc) is 2.27. The zero-order valence-corrected chi connectivity index (χ0v) is 12.1. The minimum atomic E-state index is -0.385. The molecule has 0 aromatic heterocycles. The summed E-state index contributed by atoms with van der Waals surface area (Å²) in [6.07, 6.45) is 1.93. The highest BCUT2D eigenvalue weighted by atomic mass is 79.9. The lowest BCUT2D eigenvalue weighted by atomic mass is 10.2. The van der Waals surface area contributed by atoms with Crippen LogP contribution in [0.3, 0.4) is 0 Å². The van der Waals surface area contributed by atoms with E-state index in [1.54, 1.807) is 17.8 Å². The standard InChI is InChI=1S/C11H16BrFN2OS/c1-6(11(5-16)17-2)15-10-3-7(12)8(13)4-9(10)14/h3-4,6,11,15-16H,5,14H2,1-2H3. The van der Waals surface area contributed by atoms with E-state index in [-0.39, 0.29) is 23.7 Å². The molecule has 0 fully saturated rings. The van der Waals surface area contributed by atoms with E-state index in [1.807, 2.05) is 13.2 Å². The van der Waals surface area contributed by atoms with Crippen molar-refractivity contribution in [2.45, 2.75) is 18.2 Å². The Bertz CT molecular complexity index is 388. The van der Waals surface area contributed by atoms with Crippen molar-refractivity contribution in [2.75, 3.05) is 23.9 Å². The Morgan fingerprint density at radius 2 is 2.24 bits per heavy atom. The van der Waals surface area contributed by atoms with Gasteiger partial charge in [0.2, 0.25) is 0 Å². The van der Waals surface area contributed by atoms with E-state index in [9.17, 15) is 9.50 Å². The third kappa shape index (κ3) is 3.76. The summed E-state index contributed by atoms with van der Waals surface area (Å²) in [5.74, 6) is -0.385. The molecule has 0 aliphatic rings. The molecule has 1 rings (SSSR count). The molecule has 0 aliphatic carbocycles. The molecule has 0 spiro atoms. The molecular weight excluding hydrogens is 307 g/mol. The molecule has 4 N–H and O–H groups in total. The Hall–Kier alpha value is -0.460. The number of nitrogens with two attached hydrogens (primary N) is 1. The second-order valence-electron chi connectivity index (χ2n) is 3.74. The van der Waals surface area contributed by atoms with E-state index in [4.69, 9.17) is 5.73 Å². The summed E-state index contributed by atoms with van der Waals surface area (Å²) in [6, 6.07) is 2.91. The van der Waals surface area contributed by atoms with Gasteiger partial charge in [-0.2, -0.15) is 11.8 Å². The van der Waals surface area contributed by atoms with Crippen LogP contribution in [-0.2, 0) is 0 Å². The first kappa shape index (κ1) is 14.6. The van der Waals surface area contributed by atoms with Crippen molar-refractivity contribution in [2.24, 2.45) is 0 Å². The molecule has 0 saturated heterocycles. The van der Waals surface area contributed by atoms with Gasteiger partial charge in [-0.15, -0.1) is 0 Å². The molecule has 0 heterocycles. The molecule has 17 heavy (non-hydrogen) atoms. The predicted octanol–water partition coefficient (Wildman–Crippen LogP) is 2.69. The Morgan fingerprint density at radius 3 is 2.76 bits per heavy atom. The Kier molecular flexibility index (Phi) is 5.55. The number of benzene rings is 1. The number of nitrogen functional groups attached to an aromatic ring is 1. The molecule has 0 radical (unpaired) electrons. The summed E-state index contributed by atoms with van der Waals surface area (Å²) >= 11 is 4.69. The van der Waals surface area contributed by atoms with Gasteiger partial charge in [0.25, 0.3) is 0 Å². The summed E-state index contributed by atoms with van der Waals surface area (Å²) < 4.78 is 13.6. The zero-order valence-electron chi connectivity index (χ0n) is 9.71. The van der Waals surface area contributed by atoms with Crippen LogP contribution in [-0.4, -0.2) is 29.3 Å². The molecule has 0 amide bonds. The lowest BCUT2D eigenvalue weighted by molar-refractivity contribution is 0.288. The summed E-state index contributed by atoms with van der Waals surface area (Å²) in [6.45, 7) is 2.03. The molecule has 2 atom stereocenters. The summed E-state index contributed by atoms with van der Waals surface area (Å²) in [5.41, 5.74) is 6.75. The SMILES string of the molecule is CSC(CO)C(C)Nc1cc(Br)c(F)cc1N. The molecular formula is C11H16BrFN2OS. The number of anilines is 2. The molecule has 1 aromatic rings. The van der Waals surface area contributed by atoms with E-state index in [1.165, 1.54) is 6.07 Å². The number of nitrogens with one attached hydrogen (secondary N) is 1. The van der Waals surface area contributed by atoms with Crippen LogP contribution in [0.1, 0.15) is 6.92 Å². The van der Waals surface area contributed by atoms with Gasteiger partial charge in [-0.05, 0) is 35.2 Å². The number of halogens is 2. The van der Waals surface area contributed by atoms with Crippen molar-refractivity contribution in [1.29, 1.82) is 0 Å². The fourth-order valence-corrected chi connectivity index (χ4v) is 2.43. The van der Waals surface area contributed by atoms with Crippen LogP contribution in [0.2, 0.25) is 0 Å². The quantitative estimate of drug-likeness (QED) is 0.729. The topological polar surface area (TPSA) is 58.3 Å². The van der Waals surface area contributed by atoms with Crippen LogP contribution < -0.4 is 11.1 Å². The van der Waals surface area contributed by atoms with Crippen molar-refractivity contribution in [1.82, 2.24) is 0 Å². The highest BCUT2D eigenvalue weighted by Crippen LogP contribution is 2.28. The average molecular weight is 323 g/mol. The monoisotopic (exact) mass is 322 g/mol. The maximum Gasteiger partial charge on any atom is 0.139 e. The third-order valence-corrected chi connectivity index (χ3v) is 4.29. The van der Waals surface area contributed by atoms with Crippen LogP contribution in [0, 0.1) is 5.82 Å². The van der Waals surface area contributed by atoms with Crippen LogP contribution in [0.25, 0.3) is 0 Å². The minimum absolute atomic E-state index is 0.0367. The van der Waals surface area contributed by atoms with Gasteiger partial charge in [-0.3, -0.25) is 0 Å². The Morgan fingerprint density at radius 1 is 1.59 bits per heavy atom. The van der Waals surface area contributed by atoms with Crippen LogP contribution in [0.5, 0.6) is 0 Å². The number of aliphatic hydroxyl groups is 1. The summed E-state index contributed by atoms with van der Waals surface area (Å²) in [4.78, 5) is 0. The van der Waals surface area contributed by atoms with Gasteiger partial charge >= 0.3 is 0 Å². The lowest BCUT2D eigenvalue weighted by Crippen LogP contribution is -2.31. The van der Waals surface area contributed by atoms with Crippen molar-refractivity contribution >= 4 is 39.1 Å². The van der Waals surface area contributed by atoms with Crippen LogP contribution >= 0.6 is 27.7 Å². The van der Waals surface area contributed by atoms with Gasteiger partial charge in [0, 0.05) is 17.4 Å². The third-order valence-electron chi connectivity index (χ3n) is 2.52. The number of hydrogen-bond acceptors (Lipinski definition) is 4. The van der Waals surface area contributed by atoms with Crippen molar-refractivity contribution in [3.05, 3.63) is 22.4 Å². The normalized spacial score (nSPS) is 14.4. The molecule has 3 nitrogen and oxygen atoms in total. The van der Waals surface area contributed by atoms with Crippen LogP contribution in [0.15, 0.2) is 16.6 Å². The van der Waals surface area contributed by atoms with E-state index in [0.717, 1.165) is 0 Å². The van der Waals surface area contributed by atoms with Gasteiger partial charge < -0.3 is 16.2 Å². The van der Waals surface area contributed by atoms with E-state index in [0.29, 0.717) is 15.8 Å². The van der Waals surface area contributed by atoms with E-state index in [2.05, 4.69) is 21.2 Å². The van der Waals surface area contributed by atoms with Gasteiger partial charge in [-0.1, -0.05) is 0 Å². The molecule has 0 saturated carbocycles. The first-order valence-electron chi connectivity index (χ1n) is 5.14. The van der Waals surface area contributed by atoms with Gasteiger partial charge in [0.1, 0.15) is 5.82 Å². The highest BCUT2D eigenvalue weighted by Gasteiger charge is 2.16. The van der Waals surface area contributed by atoms with Crippen molar-refractivity contribution in [3.8, 4) is 0 Å². The number of hydrogen-bond donors (Lipinski definition) is 3.